The van der Waals surface area contributed by atoms with Crippen LogP contribution in [-0.2, 0) is 12.7 Å². The van der Waals surface area contributed by atoms with Crippen molar-refractivity contribution < 1.29 is 22.4 Å². The number of allylic oxidation sites excluding steroid dienone is 1. The van der Waals surface area contributed by atoms with Gasteiger partial charge in [-0.25, -0.2) is 4.39 Å². The molecule has 4 rings (SSSR count). The fourth-order valence-corrected chi connectivity index (χ4v) is 3.75. The lowest BCUT2D eigenvalue weighted by Gasteiger charge is -2.17. The third kappa shape index (κ3) is 5.16. The predicted octanol–water partition coefficient (Wildman–Crippen LogP) is 6.32. The maximum absolute atomic E-state index is 13.3. The zero-order valence-electron chi connectivity index (χ0n) is 18.6. The summed E-state index contributed by atoms with van der Waals surface area (Å²) in [4.78, 5) is 26.2. The Morgan fingerprint density at radius 2 is 1.66 bits per heavy atom. The van der Waals surface area contributed by atoms with E-state index >= 15 is 0 Å². The highest BCUT2D eigenvalue weighted by molar-refractivity contribution is 6.10. The van der Waals surface area contributed by atoms with E-state index in [0.29, 0.717) is 22.3 Å². The van der Waals surface area contributed by atoms with Crippen LogP contribution in [0.3, 0.4) is 0 Å². The average Bonchev–Trinajstić information content (AvgIpc) is 2.80. The number of alkyl halides is 3. The smallest absolute Gasteiger partial charge is 0.358 e. The third-order valence-corrected chi connectivity index (χ3v) is 5.48. The molecule has 8 heteroatoms. The van der Waals surface area contributed by atoms with Gasteiger partial charge in [0.1, 0.15) is 5.82 Å². The minimum absolute atomic E-state index is 0.0861. The summed E-state index contributed by atoms with van der Waals surface area (Å²) in [7, 11) is 0. The highest BCUT2D eigenvalue weighted by Crippen LogP contribution is 2.30. The SMILES string of the molecule is C=C(Cn1cc(C(=O)c2ccc(F)cc2)c(=O)c2cc(C)ccc21)Nc1ccc(C(F)(F)F)cc1. The molecule has 0 saturated heterocycles. The second-order valence-corrected chi connectivity index (χ2v) is 8.16. The Morgan fingerprint density at radius 3 is 2.29 bits per heavy atom. The fraction of sp³-hybridized carbons (Fsp3) is 0.111. The Morgan fingerprint density at radius 1 is 1.00 bits per heavy atom. The number of pyridine rings is 1. The molecule has 4 aromatic rings. The molecule has 0 bridgehead atoms. The summed E-state index contributed by atoms with van der Waals surface area (Å²) in [6, 6.07) is 14.7. The largest absolute Gasteiger partial charge is 0.416 e. The van der Waals surface area contributed by atoms with Crippen molar-refractivity contribution >= 4 is 22.4 Å². The second-order valence-electron chi connectivity index (χ2n) is 8.16. The van der Waals surface area contributed by atoms with Gasteiger partial charge in [0.2, 0.25) is 5.43 Å². The fourth-order valence-electron chi connectivity index (χ4n) is 3.75. The highest BCUT2D eigenvalue weighted by atomic mass is 19.4. The van der Waals surface area contributed by atoms with Gasteiger partial charge in [0.05, 0.1) is 23.2 Å². The van der Waals surface area contributed by atoms with E-state index in [1.54, 1.807) is 16.7 Å². The van der Waals surface area contributed by atoms with Crippen LogP contribution in [0.15, 0.2) is 90.0 Å². The number of anilines is 1. The highest BCUT2D eigenvalue weighted by Gasteiger charge is 2.30. The molecule has 0 aliphatic rings. The van der Waals surface area contributed by atoms with E-state index in [0.717, 1.165) is 29.8 Å². The number of rotatable bonds is 6. The Bertz CT molecular complexity index is 1490. The molecule has 0 aliphatic carbocycles. The van der Waals surface area contributed by atoms with Crippen LogP contribution < -0.4 is 10.7 Å². The number of benzene rings is 3. The minimum Gasteiger partial charge on any atom is -0.358 e. The number of ketones is 1. The van der Waals surface area contributed by atoms with E-state index in [2.05, 4.69) is 11.9 Å². The molecule has 1 aromatic heterocycles. The van der Waals surface area contributed by atoms with E-state index in [9.17, 15) is 27.2 Å². The van der Waals surface area contributed by atoms with Gasteiger partial charge in [-0.15, -0.1) is 0 Å². The quantitative estimate of drug-likeness (QED) is 0.259. The minimum atomic E-state index is -4.43. The van der Waals surface area contributed by atoms with Crippen LogP contribution in [0.4, 0.5) is 23.2 Å². The maximum Gasteiger partial charge on any atom is 0.416 e. The first-order valence-corrected chi connectivity index (χ1v) is 10.6. The first kappa shape index (κ1) is 23.9. The molecule has 3 aromatic carbocycles. The van der Waals surface area contributed by atoms with Crippen molar-refractivity contribution in [2.45, 2.75) is 19.6 Å². The Kier molecular flexibility index (Phi) is 6.30. The van der Waals surface area contributed by atoms with Gasteiger partial charge in [-0.1, -0.05) is 18.2 Å². The van der Waals surface area contributed by atoms with Gasteiger partial charge < -0.3 is 9.88 Å². The van der Waals surface area contributed by atoms with Crippen LogP contribution in [-0.4, -0.2) is 10.4 Å². The molecule has 178 valence electrons. The van der Waals surface area contributed by atoms with Gasteiger partial charge in [0, 0.05) is 28.5 Å². The number of aryl methyl sites for hydroxylation is 1. The van der Waals surface area contributed by atoms with Crippen molar-refractivity contribution in [2.24, 2.45) is 0 Å². The van der Waals surface area contributed by atoms with E-state index < -0.39 is 28.8 Å². The van der Waals surface area contributed by atoms with E-state index in [1.165, 1.54) is 30.5 Å². The number of nitrogens with zero attached hydrogens (tertiary/aromatic N) is 1. The third-order valence-electron chi connectivity index (χ3n) is 5.48. The van der Waals surface area contributed by atoms with Crippen LogP contribution in [0.25, 0.3) is 10.9 Å². The summed E-state index contributed by atoms with van der Waals surface area (Å²) in [5, 5.41) is 3.29. The normalized spacial score (nSPS) is 11.5. The zero-order valence-corrected chi connectivity index (χ0v) is 18.6. The average molecular weight is 480 g/mol. The number of hydrogen-bond acceptors (Lipinski definition) is 3. The van der Waals surface area contributed by atoms with Gasteiger partial charge in [-0.2, -0.15) is 13.2 Å². The lowest BCUT2D eigenvalue weighted by atomic mass is 10.0. The molecule has 0 unspecified atom stereocenters. The van der Waals surface area contributed by atoms with E-state index in [-0.39, 0.29) is 17.7 Å². The number of carbonyl (C=O) groups is 1. The summed E-state index contributed by atoms with van der Waals surface area (Å²) in [5.74, 6) is -1.05. The van der Waals surface area contributed by atoms with Gasteiger partial charge in [0.25, 0.3) is 0 Å². The molecule has 0 spiro atoms. The van der Waals surface area contributed by atoms with Crippen LogP contribution in [0, 0.1) is 12.7 Å². The number of nitrogens with one attached hydrogen (secondary N) is 1. The summed E-state index contributed by atoms with van der Waals surface area (Å²) in [5.41, 5.74) is 1.10. The second kappa shape index (κ2) is 9.21. The summed E-state index contributed by atoms with van der Waals surface area (Å²) in [6.45, 7) is 5.90. The topological polar surface area (TPSA) is 51.1 Å². The van der Waals surface area contributed by atoms with Crippen molar-refractivity contribution in [3.63, 3.8) is 0 Å². The molecule has 4 nitrogen and oxygen atoms in total. The summed E-state index contributed by atoms with van der Waals surface area (Å²) in [6.07, 6.45) is -3.01. The summed E-state index contributed by atoms with van der Waals surface area (Å²) < 4.78 is 53.4. The molecule has 0 fully saturated rings. The first-order valence-electron chi connectivity index (χ1n) is 10.6. The molecule has 1 heterocycles. The van der Waals surface area contributed by atoms with Crippen LogP contribution >= 0.6 is 0 Å². The predicted molar refractivity (Wildman–Crippen MR) is 127 cm³/mol. The number of fused-ring (bicyclic) bond motifs is 1. The molecule has 1 N–H and O–H groups in total. The Labute approximate surface area is 198 Å². The number of aromatic nitrogens is 1. The van der Waals surface area contributed by atoms with E-state index in [1.807, 2.05) is 13.0 Å². The Balaban J connectivity index is 1.69. The molecule has 0 saturated carbocycles. The monoisotopic (exact) mass is 480 g/mol. The Hall–Kier alpha value is -4.20. The number of hydrogen-bond donors (Lipinski definition) is 1. The van der Waals surface area contributed by atoms with Gasteiger partial charge in [-0.05, 0) is 67.6 Å². The van der Waals surface area contributed by atoms with Crippen LogP contribution in [0.1, 0.15) is 27.0 Å². The van der Waals surface area contributed by atoms with Crippen molar-refractivity contribution in [3.8, 4) is 0 Å². The van der Waals surface area contributed by atoms with Crippen molar-refractivity contribution in [3.05, 3.63) is 123 Å². The summed E-state index contributed by atoms with van der Waals surface area (Å²) >= 11 is 0. The molecule has 0 radical (unpaired) electrons. The molecule has 0 aliphatic heterocycles. The van der Waals surface area contributed by atoms with Crippen molar-refractivity contribution in [1.82, 2.24) is 4.57 Å². The zero-order chi connectivity index (χ0) is 25.3. The van der Waals surface area contributed by atoms with Gasteiger partial charge in [0.15, 0.2) is 5.78 Å². The first-order chi connectivity index (χ1) is 16.5. The van der Waals surface area contributed by atoms with E-state index in [4.69, 9.17) is 0 Å². The van der Waals surface area contributed by atoms with Crippen LogP contribution in [0.5, 0.6) is 0 Å². The molecule has 0 amide bonds. The molecule has 35 heavy (non-hydrogen) atoms. The lowest BCUT2D eigenvalue weighted by molar-refractivity contribution is -0.137. The molecule has 0 atom stereocenters. The number of carbonyl (C=O) groups excluding carboxylic acids is 1. The molecular weight excluding hydrogens is 460 g/mol. The lowest BCUT2D eigenvalue weighted by Crippen LogP contribution is -2.21. The maximum atomic E-state index is 13.3. The number of halogens is 4. The van der Waals surface area contributed by atoms with Gasteiger partial charge in [-0.3, -0.25) is 9.59 Å². The van der Waals surface area contributed by atoms with Crippen molar-refractivity contribution in [1.29, 1.82) is 0 Å². The van der Waals surface area contributed by atoms with Crippen LogP contribution in [0.2, 0.25) is 0 Å². The molecular formula is C27H20F4N2O2. The standard InChI is InChI=1S/C27H20F4N2O2/c1-16-3-12-24-22(13-16)26(35)23(25(34)18-4-8-20(28)9-5-18)15-33(24)14-17(2)32-21-10-6-19(7-11-21)27(29,30)31/h3-13,15,32H,2,14H2,1H3. The van der Waals surface area contributed by atoms with Crippen molar-refractivity contribution in [2.75, 3.05) is 5.32 Å². The van der Waals surface area contributed by atoms with Gasteiger partial charge >= 0.3 is 6.18 Å².